The Balaban J connectivity index is 2.28. The average molecular weight is 441 g/mol. The summed E-state index contributed by atoms with van der Waals surface area (Å²) in [6.45, 7) is 6.53. The number of nitrogens with zero attached hydrogens (tertiary/aromatic N) is 3. The van der Waals surface area contributed by atoms with E-state index in [1.165, 1.54) is 0 Å². The number of benzene rings is 1. The molecule has 1 aromatic heterocycles. The van der Waals surface area contributed by atoms with E-state index in [1.54, 1.807) is 12.3 Å². The highest BCUT2D eigenvalue weighted by Crippen LogP contribution is 2.50. The SMILES string of the molecule is C[Si](C)(C)OCC1(N=[N+]=N)c2cc(Br)ccc2Oc2cnc(Cl)cc21. The molecule has 0 saturated heterocycles. The van der Waals surface area contributed by atoms with Gasteiger partial charge in [0.05, 0.1) is 12.8 Å². The van der Waals surface area contributed by atoms with E-state index < -0.39 is 13.9 Å². The van der Waals surface area contributed by atoms with Crippen LogP contribution in [0.4, 0.5) is 0 Å². The summed E-state index contributed by atoms with van der Waals surface area (Å²) >= 11 is 9.62. The van der Waals surface area contributed by atoms with E-state index in [1.807, 2.05) is 18.2 Å². The Bertz CT molecular complexity index is 829. The van der Waals surface area contributed by atoms with Crippen molar-refractivity contribution in [3.05, 3.63) is 51.2 Å². The molecule has 0 aliphatic carbocycles. The van der Waals surface area contributed by atoms with Gasteiger partial charge in [0.25, 0.3) is 0 Å². The lowest BCUT2D eigenvalue weighted by Crippen LogP contribution is -2.39. The molecule has 0 spiro atoms. The predicted molar refractivity (Wildman–Crippen MR) is 101 cm³/mol. The first kappa shape index (κ1) is 18.2. The molecule has 0 bridgehead atoms. The molecule has 0 saturated carbocycles. The molecule has 1 aliphatic heterocycles. The maximum absolute atomic E-state index is 7.40. The highest BCUT2D eigenvalue weighted by molar-refractivity contribution is 9.10. The molecule has 0 radical (unpaired) electrons. The summed E-state index contributed by atoms with van der Waals surface area (Å²) in [5.41, 5.74) is 7.85. The molecule has 2 aromatic rings. The topological polar surface area (TPSA) is 81.7 Å². The summed E-state index contributed by atoms with van der Waals surface area (Å²) in [4.78, 5) is 7.46. The lowest BCUT2D eigenvalue weighted by Gasteiger charge is -2.34. The van der Waals surface area contributed by atoms with Crippen LogP contribution in [0.25, 0.3) is 0 Å². The van der Waals surface area contributed by atoms with E-state index in [-0.39, 0.29) is 6.61 Å². The van der Waals surface area contributed by atoms with E-state index in [4.69, 9.17) is 26.3 Å². The number of halogens is 2. The molecule has 6 nitrogen and oxygen atoms in total. The van der Waals surface area contributed by atoms with Gasteiger partial charge in [-0.05, 0) is 43.9 Å². The summed E-state index contributed by atoms with van der Waals surface area (Å²) < 4.78 is 13.0. The predicted octanol–water partition coefficient (Wildman–Crippen LogP) is 5.25. The molecule has 130 valence electrons. The molecule has 25 heavy (non-hydrogen) atoms. The molecule has 1 N–H and O–H groups in total. The van der Waals surface area contributed by atoms with Crippen molar-refractivity contribution >= 4 is 35.8 Å². The number of aromatic nitrogens is 1. The fraction of sp³-hybridized carbons (Fsp3) is 0.312. The van der Waals surface area contributed by atoms with E-state index in [2.05, 4.69) is 50.6 Å². The van der Waals surface area contributed by atoms with Gasteiger partial charge in [0, 0.05) is 15.6 Å². The van der Waals surface area contributed by atoms with Crippen molar-refractivity contribution in [1.82, 2.24) is 9.90 Å². The second-order valence-corrected chi connectivity index (χ2v) is 12.5. The van der Waals surface area contributed by atoms with Crippen molar-refractivity contribution in [3.8, 4) is 11.5 Å². The van der Waals surface area contributed by atoms with E-state index >= 15 is 0 Å². The van der Waals surface area contributed by atoms with Crippen LogP contribution < -0.4 is 9.65 Å². The van der Waals surface area contributed by atoms with Crippen molar-refractivity contribution < 1.29 is 9.16 Å². The normalized spacial score (nSPS) is 18.6. The molecular formula is C16H17BrClN4O2Si+. The lowest BCUT2D eigenvalue weighted by atomic mass is 9.82. The Labute approximate surface area is 160 Å². The van der Waals surface area contributed by atoms with E-state index in [9.17, 15) is 0 Å². The van der Waals surface area contributed by atoms with Gasteiger partial charge in [0.15, 0.2) is 14.1 Å². The van der Waals surface area contributed by atoms with Crippen LogP contribution >= 0.6 is 27.5 Å². The molecule has 0 fully saturated rings. The summed E-state index contributed by atoms with van der Waals surface area (Å²) in [7, 11) is -1.85. The molecular weight excluding hydrogens is 424 g/mol. The number of hydrogen-bond acceptors (Lipinski definition) is 5. The van der Waals surface area contributed by atoms with Gasteiger partial charge in [-0.15, -0.1) is 0 Å². The third-order valence-corrected chi connectivity index (χ3v) is 5.53. The largest absolute Gasteiger partial charge is 0.455 e. The minimum Gasteiger partial charge on any atom is -0.455 e. The Morgan fingerprint density at radius 2 is 2.04 bits per heavy atom. The van der Waals surface area contributed by atoms with Crippen LogP contribution in [-0.2, 0) is 9.96 Å². The summed E-state index contributed by atoms with van der Waals surface area (Å²) in [6.07, 6.45) is 1.56. The zero-order chi connectivity index (χ0) is 18.2. The van der Waals surface area contributed by atoms with Crippen LogP contribution in [-0.4, -0.2) is 19.9 Å². The number of rotatable bonds is 4. The average Bonchev–Trinajstić information content (AvgIpc) is 2.54. The highest BCUT2D eigenvalue weighted by atomic mass is 79.9. The monoisotopic (exact) mass is 439 g/mol. The van der Waals surface area contributed by atoms with Crippen LogP contribution in [0.5, 0.6) is 11.5 Å². The van der Waals surface area contributed by atoms with Gasteiger partial charge in [0.2, 0.25) is 10.5 Å². The zero-order valence-corrected chi connectivity index (χ0v) is 17.3. The third kappa shape index (κ3) is 3.54. The van der Waals surface area contributed by atoms with E-state index in [0.29, 0.717) is 22.2 Å². The smallest absolute Gasteiger partial charge is 0.223 e. The summed E-state index contributed by atoms with van der Waals surface area (Å²) in [5.74, 6) is 1.16. The second-order valence-electron chi connectivity index (χ2n) is 6.71. The fourth-order valence-electron chi connectivity index (χ4n) is 2.70. The molecule has 1 unspecified atom stereocenters. The number of nitrogens with one attached hydrogen (secondary N) is 1. The molecule has 0 amide bonds. The van der Waals surface area contributed by atoms with Crippen molar-refractivity contribution in [2.45, 2.75) is 25.2 Å². The Morgan fingerprint density at radius 3 is 2.72 bits per heavy atom. The van der Waals surface area contributed by atoms with Crippen molar-refractivity contribution in [1.29, 1.82) is 5.53 Å². The van der Waals surface area contributed by atoms with Gasteiger partial charge in [-0.25, -0.2) is 4.98 Å². The van der Waals surface area contributed by atoms with Gasteiger partial charge in [-0.1, -0.05) is 27.5 Å². The van der Waals surface area contributed by atoms with Crippen LogP contribution in [0.3, 0.4) is 0 Å². The molecule has 1 aromatic carbocycles. The van der Waals surface area contributed by atoms with Crippen molar-refractivity contribution in [2.75, 3.05) is 6.61 Å². The quantitative estimate of drug-likeness (QED) is 0.305. The van der Waals surface area contributed by atoms with E-state index in [0.717, 1.165) is 10.0 Å². The number of fused-ring (bicyclic) bond motifs is 2. The molecule has 1 atom stereocenters. The first-order valence-corrected chi connectivity index (χ1v) is 12.2. The van der Waals surface area contributed by atoms with Crippen LogP contribution in [0, 0.1) is 5.53 Å². The van der Waals surface area contributed by atoms with Gasteiger partial charge >= 0.3 is 0 Å². The first-order valence-electron chi connectivity index (χ1n) is 7.62. The summed E-state index contributed by atoms with van der Waals surface area (Å²) in [6, 6.07) is 7.34. The Hall–Kier alpha value is -1.57. The van der Waals surface area contributed by atoms with Crippen molar-refractivity contribution in [3.63, 3.8) is 0 Å². The summed E-state index contributed by atoms with van der Waals surface area (Å²) in [5, 5.41) is 4.60. The maximum atomic E-state index is 7.40. The van der Waals surface area contributed by atoms with Gasteiger partial charge in [-0.3, -0.25) is 0 Å². The lowest BCUT2D eigenvalue weighted by molar-refractivity contribution is 0.220. The first-order chi connectivity index (χ1) is 11.7. The second kappa shape index (κ2) is 6.62. The zero-order valence-electron chi connectivity index (χ0n) is 14.0. The fourth-order valence-corrected chi connectivity index (χ4v) is 3.86. The van der Waals surface area contributed by atoms with Gasteiger partial charge < -0.3 is 9.16 Å². The van der Waals surface area contributed by atoms with Gasteiger partial charge in [0.1, 0.15) is 21.5 Å². The van der Waals surface area contributed by atoms with Crippen LogP contribution in [0.1, 0.15) is 11.1 Å². The van der Waals surface area contributed by atoms with Gasteiger partial charge in [-0.2, -0.15) is 0 Å². The third-order valence-electron chi connectivity index (χ3n) is 3.82. The maximum Gasteiger partial charge on any atom is 0.223 e. The molecule has 1 aliphatic rings. The number of pyridine rings is 1. The Morgan fingerprint density at radius 1 is 1.32 bits per heavy atom. The number of hydrogen-bond donors (Lipinski definition) is 1. The standard InChI is InChI=1S/C16H17BrClN4O2Si/c1-25(2,3)23-9-16(21-22-19)11-6-10(17)4-5-13(11)24-14-8-20-15(18)7-12(14)16/h4-8,19H,9H2,1-3H3/q+1. The van der Waals surface area contributed by atoms with Crippen molar-refractivity contribution in [2.24, 2.45) is 5.11 Å². The Kier molecular flexibility index (Phi) is 4.83. The minimum atomic E-state index is -1.85. The minimum absolute atomic E-state index is 0.241. The molecule has 9 heteroatoms. The van der Waals surface area contributed by atoms with Crippen LogP contribution in [0.2, 0.25) is 24.8 Å². The van der Waals surface area contributed by atoms with Crippen LogP contribution in [0.15, 0.2) is 40.0 Å². The number of ether oxygens (including phenoxy) is 1. The molecule has 3 rings (SSSR count). The highest BCUT2D eigenvalue weighted by Gasteiger charge is 2.49. The molecule has 2 heterocycles.